The summed E-state index contributed by atoms with van der Waals surface area (Å²) in [5.74, 6) is -0.573. The van der Waals surface area contributed by atoms with Crippen molar-refractivity contribution in [1.82, 2.24) is 10.2 Å². The van der Waals surface area contributed by atoms with Gasteiger partial charge in [-0.3, -0.25) is 13.9 Å². The zero-order valence-corrected chi connectivity index (χ0v) is 24.3. The molecule has 3 rings (SSSR count). The Morgan fingerprint density at radius 2 is 1.62 bits per heavy atom. The van der Waals surface area contributed by atoms with Gasteiger partial charge in [0.25, 0.3) is 10.0 Å². The lowest BCUT2D eigenvalue weighted by Crippen LogP contribution is -2.52. The zero-order chi connectivity index (χ0) is 28.6. The second-order valence-electron chi connectivity index (χ2n) is 8.58. The van der Waals surface area contributed by atoms with Gasteiger partial charge in [0, 0.05) is 18.1 Å². The van der Waals surface area contributed by atoms with E-state index in [9.17, 15) is 18.0 Å². The largest absolute Gasteiger partial charge is 0.495 e. The van der Waals surface area contributed by atoms with Gasteiger partial charge in [-0.25, -0.2) is 8.42 Å². The molecule has 39 heavy (non-hydrogen) atoms. The highest BCUT2D eigenvalue weighted by molar-refractivity contribution is 7.92. The van der Waals surface area contributed by atoms with Gasteiger partial charge in [-0.05, 0) is 55.3 Å². The number of hydrogen-bond donors (Lipinski definition) is 1. The zero-order valence-electron chi connectivity index (χ0n) is 21.9. The molecule has 1 N–H and O–H groups in total. The third-order valence-electron chi connectivity index (χ3n) is 6.07. The van der Waals surface area contributed by atoms with Gasteiger partial charge in [-0.2, -0.15) is 0 Å². The number of sulfonamides is 1. The van der Waals surface area contributed by atoms with Crippen LogP contribution in [0.5, 0.6) is 5.75 Å². The SMILES string of the molecule is CCNC(=O)[C@@H](CC)N(Cc1ccccc1Cl)C(=O)CN(c1ccc(OC)c(Cl)c1)S(=O)(=O)c1ccccc1. The molecule has 0 radical (unpaired) electrons. The molecular weight excluding hydrogens is 561 g/mol. The first kappa shape index (κ1) is 30.3. The first-order chi connectivity index (χ1) is 18.6. The lowest BCUT2D eigenvalue weighted by molar-refractivity contribution is -0.140. The molecule has 1 atom stereocenters. The van der Waals surface area contributed by atoms with Gasteiger partial charge in [-0.1, -0.05) is 66.5 Å². The smallest absolute Gasteiger partial charge is 0.264 e. The number of benzene rings is 3. The van der Waals surface area contributed by atoms with E-state index in [2.05, 4.69) is 5.32 Å². The number of nitrogens with one attached hydrogen (secondary N) is 1. The lowest BCUT2D eigenvalue weighted by atomic mass is 10.1. The monoisotopic (exact) mass is 591 g/mol. The third-order valence-corrected chi connectivity index (χ3v) is 8.52. The van der Waals surface area contributed by atoms with Gasteiger partial charge < -0.3 is 15.0 Å². The molecule has 0 saturated carbocycles. The van der Waals surface area contributed by atoms with Gasteiger partial charge in [0.2, 0.25) is 11.8 Å². The van der Waals surface area contributed by atoms with Gasteiger partial charge in [0.05, 0.1) is 22.7 Å². The number of halogens is 2. The van der Waals surface area contributed by atoms with E-state index in [-0.39, 0.29) is 28.1 Å². The summed E-state index contributed by atoms with van der Waals surface area (Å²) in [5, 5.41) is 3.37. The molecule has 0 fully saturated rings. The maximum Gasteiger partial charge on any atom is 0.264 e. The van der Waals surface area contributed by atoms with E-state index in [0.717, 1.165) is 4.31 Å². The van der Waals surface area contributed by atoms with Crippen molar-refractivity contribution in [1.29, 1.82) is 0 Å². The molecule has 0 unspecified atom stereocenters. The summed E-state index contributed by atoms with van der Waals surface area (Å²) in [4.78, 5) is 28.3. The highest BCUT2D eigenvalue weighted by atomic mass is 35.5. The third kappa shape index (κ3) is 7.23. The van der Waals surface area contributed by atoms with Gasteiger partial charge >= 0.3 is 0 Å². The first-order valence-electron chi connectivity index (χ1n) is 12.4. The summed E-state index contributed by atoms with van der Waals surface area (Å²) < 4.78 is 33.8. The van der Waals surface area contributed by atoms with Gasteiger partial charge in [0.1, 0.15) is 18.3 Å². The number of amides is 2. The van der Waals surface area contributed by atoms with Crippen LogP contribution in [0.4, 0.5) is 5.69 Å². The van der Waals surface area contributed by atoms with Crippen molar-refractivity contribution >= 4 is 50.7 Å². The highest BCUT2D eigenvalue weighted by Crippen LogP contribution is 2.32. The Kier molecular flexibility index (Phi) is 10.6. The number of nitrogens with zero attached hydrogens (tertiary/aromatic N) is 2. The van der Waals surface area contributed by atoms with Crippen LogP contribution in [0.2, 0.25) is 10.0 Å². The van der Waals surface area contributed by atoms with Gasteiger partial charge in [0.15, 0.2) is 0 Å². The van der Waals surface area contributed by atoms with Crippen molar-refractivity contribution in [2.75, 3.05) is 24.5 Å². The van der Waals surface area contributed by atoms with Crippen molar-refractivity contribution in [3.8, 4) is 5.75 Å². The Bertz CT molecular complexity index is 1400. The van der Waals surface area contributed by atoms with Crippen LogP contribution in [-0.4, -0.2) is 51.4 Å². The molecule has 0 saturated heterocycles. The Morgan fingerprint density at radius 1 is 0.949 bits per heavy atom. The van der Waals surface area contributed by atoms with Crippen molar-refractivity contribution in [2.45, 2.75) is 37.8 Å². The average molecular weight is 593 g/mol. The molecule has 0 aromatic heterocycles. The minimum Gasteiger partial charge on any atom is -0.495 e. The quantitative estimate of drug-likeness (QED) is 0.314. The van der Waals surface area contributed by atoms with Crippen molar-refractivity contribution < 1.29 is 22.7 Å². The number of ether oxygens (including phenoxy) is 1. The van der Waals surface area contributed by atoms with E-state index in [1.54, 1.807) is 56.3 Å². The number of hydrogen-bond acceptors (Lipinski definition) is 5. The lowest BCUT2D eigenvalue weighted by Gasteiger charge is -2.33. The average Bonchev–Trinajstić information content (AvgIpc) is 2.93. The molecule has 0 aliphatic heterocycles. The Morgan fingerprint density at radius 3 is 2.21 bits per heavy atom. The van der Waals surface area contributed by atoms with E-state index in [4.69, 9.17) is 27.9 Å². The molecule has 11 heteroatoms. The van der Waals surface area contributed by atoms with E-state index >= 15 is 0 Å². The second kappa shape index (κ2) is 13.7. The van der Waals surface area contributed by atoms with Crippen LogP contribution in [0.15, 0.2) is 77.7 Å². The number of carbonyl (C=O) groups excluding carboxylic acids is 2. The molecule has 0 aliphatic carbocycles. The molecule has 0 spiro atoms. The summed E-state index contributed by atoms with van der Waals surface area (Å²) in [6.45, 7) is 3.38. The van der Waals surface area contributed by atoms with Crippen LogP contribution >= 0.6 is 23.2 Å². The molecule has 2 amide bonds. The maximum absolute atomic E-state index is 14.0. The molecular formula is C28H31Cl2N3O5S. The minimum absolute atomic E-state index is 0.00170. The summed E-state index contributed by atoms with van der Waals surface area (Å²) in [5.41, 5.74) is 0.793. The molecule has 3 aromatic rings. The van der Waals surface area contributed by atoms with Crippen molar-refractivity contribution in [2.24, 2.45) is 0 Å². The van der Waals surface area contributed by atoms with Gasteiger partial charge in [-0.15, -0.1) is 0 Å². The Balaban J connectivity index is 2.09. The Labute approximate surface area is 239 Å². The maximum atomic E-state index is 14.0. The predicted molar refractivity (Wildman–Crippen MR) is 154 cm³/mol. The second-order valence-corrected chi connectivity index (χ2v) is 11.3. The number of carbonyl (C=O) groups is 2. The minimum atomic E-state index is -4.20. The van der Waals surface area contributed by atoms with E-state index in [1.165, 1.54) is 42.3 Å². The van der Waals surface area contributed by atoms with Crippen LogP contribution in [0.1, 0.15) is 25.8 Å². The van der Waals surface area contributed by atoms with Crippen molar-refractivity contribution in [3.05, 3.63) is 88.4 Å². The molecule has 3 aromatic carbocycles. The Hall–Kier alpha value is -3.27. The number of likely N-dealkylation sites (N-methyl/N-ethyl adjacent to an activating group) is 1. The topological polar surface area (TPSA) is 96.0 Å². The van der Waals surface area contributed by atoms with Crippen LogP contribution in [-0.2, 0) is 26.2 Å². The normalized spacial score (nSPS) is 11.9. The fourth-order valence-electron chi connectivity index (χ4n) is 4.08. The summed E-state index contributed by atoms with van der Waals surface area (Å²) >= 11 is 12.7. The van der Waals surface area contributed by atoms with Crippen LogP contribution in [0, 0.1) is 0 Å². The van der Waals surface area contributed by atoms with Crippen LogP contribution in [0.3, 0.4) is 0 Å². The standard InChI is InChI=1S/C28H31Cl2N3O5S/c1-4-25(28(35)31-5-2)32(18-20-11-9-10-14-23(20)29)27(34)19-33(21-15-16-26(38-3)24(30)17-21)39(36,37)22-12-7-6-8-13-22/h6-17,25H,4-5,18-19H2,1-3H3,(H,31,35)/t25-/m1/s1. The summed E-state index contributed by atoms with van der Waals surface area (Å²) in [6, 6.07) is 18.4. The van der Waals surface area contributed by atoms with Crippen LogP contribution < -0.4 is 14.4 Å². The molecule has 0 heterocycles. The molecule has 0 bridgehead atoms. The summed E-state index contributed by atoms with van der Waals surface area (Å²) in [7, 11) is -2.76. The number of methoxy groups -OCH3 is 1. The highest BCUT2D eigenvalue weighted by Gasteiger charge is 2.34. The van der Waals surface area contributed by atoms with E-state index in [1.807, 2.05) is 0 Å². The molecule has 8 nitrogen and oxygen atoms in total. The first-order valence-corrected chi connectivity index (χ1v) is 14.6. The summed E-state index contributed by atoms with van der Waals surface area (Å²) in [6.07, 6.45) is 0.307. The predicted octanol–water partition coefficient (Wildman–Crippen LogP) is 5.14. The van der Waals surface area contributed by atoms with E-state index in [0.29, 0.717) is 29.3 Å². The molecule has 0 aliphatic rings. The van der Waals surface area contributed by atoms with Crippen molar-refractivity contribution in [3.63, 3.8) is 0 Å². The molecule has 208 valence electrons. The van der Waals surface area contributed by atoms with E-state index < -0.39 is 28.5 Å². The fraction of sp³-hybridized carbons (Fsp3) is 0.286. The number of rotatable bonds is 12. The fourth-order valence-corrected chi connectivity index (χ4v) is 5.96. The van der Waals surface area contributed by atoms with Crippen LogP contribution in [0.25, 0.3) is 0 Å². The number of anilines is 1.